The molecule has 2 rings (SSSR count). The van der Waals surface area contributed by atoms with E-state index in [0.717, 1.165) is 12.7 Å². The summed E-state index contributed by atoms with van der Waals surface area (Å²) in [6, 6.07) is 10.8. The number of rotatable bonds is 6. The van der Waals surface area contributed by atoms with Crippen molar-refractivity contribution in [2.45, 2.75) is 0 Å². The van der Waals surface area contributed by atoms with Gasteiger partial charge < -0.3 is 9.47 Å². The average molecular weight is 560 g/mol. The first-order valence-corrected chi connectivity index (χ1v) is 9.23. The van der Waals surface area contributed by atoms with Crippen molar-refractivity contribution in [1.82, 2.24) is 5.43 Å². The summed E-state index contributed by atoms with van der Waals surface area (Å²) in [7, 11) is 1.55. The number of halogens is 2. The van der Waals surface area contributed by atoms with Gasteiger partial charge in [0.25, 0.3) is 5.91 Å². The van der Waals surface area contributed by atoms with Gasteiger partial charge in [-0.05, 0) is 87.1 Å². The van der Waals surface area contributed by atoms with E-state index in [2.05, 4.69) is 61.6 Å². The second-order valence-electron chi connectivity index (χ2n) is 4.73. The maximum atomic E-state index is 12.0. The Kier molecular flexibility index (Phi) is 7.52. The Bertz CT molecular complexity index is 827. The summed E-state index contributed by atoms with van der Waals surface area (Å²) >= 11 is 4.31. The molecule has 0 fully saturated rings. The van der Waals surface area contributed by atoms with Crippen molar-refractivity contribution in [3.05, 3.63) is 54.7 Å². The summed E-state index contributed by atoms with van der Waals surface area (Å²) in [4.78, 5) is 12.0. The lowest BCUT2D eigenvalue weighted by molar-refractivity contribution is 0.0955. The Hall–Kier alpha value is -1.80. The Morgan fingerprint density at radius 2 is 2.04 bits per heavy atom. The number of terminal acetylenes is 1. The molecule has 0 atom stereocenters. The molecule has 0 bridgehead atoms. The van der Waals surface area contributed by atoms with Crippen molar-refractivity contribution in [3.8, 4) is 23.8 Å². The minimum Gasteiger partial charge on any atom is -0.493 e. The lowest BCUT2D eigenvalue weighted by Crippen LogP contribution is -2.17. The van der Waals surface area contributed by atoms with E-state index >= 15 is 0 Å². The van der Waals surface area contributed by atoms with Crippen LogP contribution >= 0.6 is 45.2 Å². The summed E-state index contributed by atoms with van der Waals surface area (Å²) in [6.45, 7) is 0.159. The van der Waals surface area contributed by atoms with Crippen molar-refractivity contribution >= 4 is 57.3 Å². The topological polar surface area (TPSA) is 59.9 Å². The molecule has 0 radical (unpaired) electrons. The number of carbonyl (C=O) groups excluding carboxylic acids is 1. The van der Waals surface area contributed by atoms with Gasteiger partial charge in [-0.1, -0.05) is 5.92 Å². The summed E-state index contributed by atoms with van der Waals surface area (Å²) in [6.07, 6.45) is 6.76. The van der Waals surface area contributed by atoms with E-state index in [9.17, 15) is 4.79 Å². The molecule has 0 aliphatic heterocycles. The predicted octanol–water partition coefficient (Wildman–Crippen LogP) is 3.68. The van der Waals surface area contributed by atoms with Crippen LogP contribution in [-0.4, -0.2) is 25.8 Å². The highest BCUT2D eigenvalue weighted by Crippen LogP contribution is 2.33. The molecule has 0 aliphatic rings. The molecule has 0 aliphatic carbocycles. The fraction of sp³-hybridized carbons (Fsp3) is 0.111. The fourth-order valence-electron chi connectivity index (χ4n) is 1.90. The van der Waals surface area contributed by atoms with Crippen molar-refractivity contribution < 1.29 is 14.3 Å². The van der Waals surface area contributed by atoms with Crippen LogP contribution in [0.25, 0.3) is 0 Å². The number of hydrazone groups is 1. The van der Waals surface area contributed by atoms with E-state index in [4.69, 9.17) is 15.9 Å². The highest BCUT2D eigenvalue weighted by atomic mass is 127. The molecule has 1 amide bonds. The molecule has 0 spiro atoms. The molecule has 7 heteroatoms. The molecule has 0 aromatic heterocycles. The Labute approximate surface area is 173 Å². The van der Waals surface area contributed by atoms with E-state index in [1.54, 1.807) is 31.5 Å². The number of amides is 1. The van der Waals surface area contributed by atoms with Crippen LogP contribution in [0.5, 0.6) is 11.5 Å². The van der Waals surface area contributed by atoms with Gasteiger partial charge in [-0.3, -0.25) is 4.79 Å². The first-order chi connectivity index (χ1) is 12.0. The molecule has 128 valence electrons. The number of nitrogens with one attached hydrogen (secondary N) is 1. The Morgan fingerprint density at radius 1 is 1.32 bits per heavy atom. The third kappa shape index (κ3) is 5.61. The van der Waals surface area contributed by atoms with E-state index in [-0.39, 0.29) is 12.5 Å². The number of ether oxygens (including phenoxy) is 2. The first-order valence-electron chi connectivity index (χ1n) is 7.08. The van der Waals surface area contributed by atoms with Gasteiger partial charge in [-0.2, -0.15) is 5.10 Å². The van der Waals surface area contributed by atoms with Gasteiger partial charge in [0, 0.05) is 9.13 Å². The van der Waals surface area contributed by atoms with Crippen molar-refractivity contribution in [3.63, 3.8) is 0 Å². The summed E-state index contributed by atoms with van der Waals surface area (Å²) in [5.74, 6) is 3.28. The van der Waals surface area contributed by atoms with E-state index < -0.39 is 0 Å². The molecular formula is C18H14I2N2O3. The zero-order valence-electron chi connectivity index (χ0n) is 13.3. The molecule has 0 heterocycles. The third-order valence-electron chi connectivity index (χ3n) is 3.04. The molecule has 1 N–H and O–H groups in total. The molecule has 5 nitrogen and oxygen atoms in total. The predicted molar refractivity (Wildman–Crippen MR) is 114 cm³/mol. The highest BCUT2D eigenvalue weighted by molar-refractivity contribution is 14.1. The van der Waals surface area contributed by atoms with Crippen LogP contribution in [0, 0.1) is 19.5 Å². The maximum Gasteiger partial charge on any atom is 0.271 e. The van der Waals surface area contributed by atoms with E-state index in [0.29, 0.717) is 17.1 Å². The fourth-order valence-corrected chi connectivity index (χ4v) is 3.04. The molecular weight excluding hydrogens is 546 g/mol. The van der Waals surface area contributed by atoms with Crippen LogP contribution in [0.15, 0.2) is 41.5 Å². The zero-order valence-corrected chi connectivity index (χ0v) is 17.6. The van der Waals surface area contributed by atoms with Crippen molar-refractivity contribution in [2.75, 3.05) is 13.7 Å². The van der Waals surface area contributed by atoms with Gasteiger partial charge in [-0.25, -0.2) is 5.43 Å². The minimum atomic E-state index is -0.275. The number of methoxy groups -OCH3 is 1. The summed E-state index contributed by atoms with van der Waals surface area (Å²) < 4.78 is 12.7. The number of benzene rings is 2. The molecule has 25 heavy (non-hydrogen) atoms. The minimum absolute atomic E-state index is 0.159. The highest BCUT2D eigenvalue weighted by Gasteiger charge is 2.11. The van der Waals surface area contributed by atoms with Gasteiger partial charge in [-0.15, -0.1) is 6.42 Å². The Morgan fingerprint density at radius 3 is 2.68 bits per heavy atom. The smallest absolute Gasteiger partial charge is 0.271 e. The second-order valence-corrected chi connectivity index (χ2v) is 7.14. The molecule has 0 saturated carbocycles. The molecule has 0 saturated heterocycles. The SMILES string of the molecule is C#CCOc1c(I)cc(/C=N\NC(=O)c2ccc(I)cc2)cc1OC. The standard InChI is InChI=1S/C18H14I2N2O3/c1-3-8-25-17-15(20)9-12(10-16(17)24-2)11-21-22-18(23)13-4-6-14(19)7-5-13/h1,4-7,9-11H,8H2,2H3,(H,22,23)/b21-11-. The third-order valence-corrected chi connectivity index (χ3v) is 4.56. The Balaban J connectivity index is 2.10. The first kappa shape index (κ1) is 19.5. The van der Waals surface area contributed by atoms with Crippen molar-refractivity contribution in [1.29, 1.82) is 0 Å². The monoisotopic (exact) mass is 560 g/mol. The van der Waals surface area contributed by atoms with Crippen LogP contribution in [-0.2, 0) is 0 Å². The van der Waals surface area contributed by atoms with Gasteiger partial charge in [0.05, 0.1) is 16.9 Å². The summed E-state index contributed by atoms with van der Waals surface area (Å²) in [5, 5.41) is 3.99. The van der Waals surface area contributed by atoms with Crippen molar-refractivity contribution in [2.24, 2.45) is 5.10 Å². The van der Waals surface area contributed by atoms with E-state index in [1.165, 1.54) is 0 Å². The maximum absolute atomic E-state index is 12.0. The molecule has 0 unspecified atom stereocenters. The largest absolute Gasteiger partial charge is 0.493 e. The molecule has 2 aromatic carbocycles. The van der Waals surface area contributed by atoms with Gasteiger partial charge in [0.1, 0.15) is 6.61 Å². The summed E-state index contributed by atoms with van der Waals surface area (Å²) in [5.41, 5.74) is 3.81. The zero-order chi connectivity index (χ0) is 18.2. The van der Waals surface area contributed by atoms with Crippen LogP contribution < -0.4 is 14.9 Å². The van der Waals surface area contributed by atoms with Crippen LogP contribution in [0.4, 0.5) is 0 Å². The average Bonchev–Trinajstić information content (AvgIpc) is 2.61. The van der Waals surface area contributed by atoms with Crippen LogP contribution in [0.2, 0.25) is 0 Å². The van der Waals surface area contributed by atoms with Crippen LogP contribution in [0.1, 0.15) is 15.9 Å². The number of nitrogens with zero attached hydrogens (tertiary/aromatic N) is 1. The number of hydrogen-bond donors (Lipinski definition) is 1. The quantitative estimate of drug-likeness (QED) is 0.254. The lowest BCUT2D eigenvalue weighted by Gasteiger charge is -2.11. The lowest BCUT2D eigenvalue weighted by atomic mass is 10.2. The normalized spacial score (nSPS) is 10.3. The second kappa shape index (κ2) is 9.62. The van der Waals surface area contributed by atoms with E-state index in [1.807, 2.05) is 18.2 Å². The number of hydrogen-bond acceptors (Lipinski definition) is 4. The van der Waals surface area contributed by atoms with Gasteiger partial charge in [0.2, 0.25) is 0 Å². The van der Waals surface area contributed by atoms with Gasteiger partial charge in [0.15, 0.2) is 11.5 Å². The molecule has 2 aromatic rings. The van der Waals surface area contributed by atoms with Crippen LogP contribution in [0.3, 0.4) is 0 Å². The van der Waals surface area contributed by atoms with Gasteiger partial charge >= 0.3 is 0 Å². The number of carbonyl (C=O) groups is 1.